The van der Waals surface area contributed by atoms with Crippen LogP contribution in [0.3, 0.4) is 0 Å². The molecule has 0 spiro atoms. The van der Waals surface area contributed by atoms with E-state index < -0.39 is 0 Å². The minimum absolute atomic E-state index is 0.109. The number of hydrogen-bond acceptors (Lipinski definition) is 2. The molecule has 2 aromatic rings. The van der Waals surface area contributed by atoms with Gasteiger partial charge in [-0.15, -0.1) is 6.58 Å². The minimum atomic E-state index is -0.244. The van der Waals surface area contributed by atoms with E-state index in [1.165, 1.54) is 0 Å². The number of pyridine rings is 1. The summed E-state index contributed by atoms with van der Waals surface area (Å²) in [6.07, 6.45) is 2.47. The van der Waals surface area contributed by atoms with Crippen LogP contribution in [-0.2, 0) is 6.54 Å². The molecule has 2 rings (SSSR count). The van der Waals surface area contributed by atoms with Crippen LogP contribution < -0.4 is 10.9 Å². The summed E-state index contributed by atoms with van der Waals surface area (Å²) >= 11 is 0. The first kappa shape index (κ1) is 16.0. The molecule has 0 aliphatic rings. The molecule has 4 nitrogen and oxygen atoms in total. The number of amides is 1. The van der Waals surface area contributed by atoms with Crippen LogP contribution in [0.4, 0.5) is 0 Å². The Morgan fingerprint density at radius 1 is 1.36 bits per heavy atom. The second-order valence-electron chi connectivity index (χ2n) is 5.75. The zero-order valence-electron chi connectivity index (χ0n) is 13.1. The number of carbonyl (C=O) groups excluding carboxylic acids is 1. The highest BCUT2D eigenvalue weighted by Crippen LogP contribution is 2.13. The van der Waals surface area contributed by atoms with Crippen LogP contribution in [0.5, 0.6) is 0 Å². The van der Waals surface area contributed by atoms with Gasteiger partial charge in [0.05, 0.1) is 0 Å². The number of carbonyl (C=O) groups is 1. The summed E-state index contributed by atoms with van der Waals surface area (Å²) in [5.74, 6) is 0.217. The van der Waals surface area contributed by atoms with Crippen molar-refractivity contribution >= 4 is 16.7 Å². The van der Waals surface area contributed by atoms with E-state index in [2.05, 4.69) is 25.7 Å². The van der Waals surface area contributed by atoms with Crippen LogP contribution in [0, 0.1) is 5.92 Å². The molecule has 0 aliphatic carbocycles. The predicted octanol–water partition coefficient (Wildman–Crippen LogP) is 2.96. The van der Waals surface area contributed by atoms with E-state index in [1.54, 1.807) is 22.8 Å². The maximum absolute atomic E-state index is 12.7. The van der Waals surface area contributed by atoms with E-state index in [9.17, 15) is 9.59 Å². The van der Waals surface area contributed by atoms with Crippen LogP contribution in [0.15, 0.2) is 47.8 Å². The summed E-state index contributed by atoms with van der Waals surface area (Å²) in [5, 5.41) is 4.19. The second-order valence-corrected chi connectivity index (χ2v) is 5.75. The van der Waals surface area contributed by atoms with Crippen molar-refractivity contribution in [1.29, 1.82) is 0 Å². The van der Waals surface area contributed by atoms with Crippen molar-refractivity contribution in [3.05, 3.63) is 59.0 Å². The van der Waals surface area contributed by atoms with Crippen LogP contribution in [0.1, 0.15) is 30.8 Å². The molecule has 116 valence electrons. The first-order chi connectivity index (χ1) is 10.5. The van der Waals surface area contributed by atoms with Crippen molar-refractivity contribution in [1.82, 2.24) is 9.88 Å². The third-order valence-corrected chi connectivity index (χ3v) is 3.59. The summed E-state index contributed by atoms with van der Waals surface area (Å²) in [4.78, 5) is 25.0. The van der Waals surface area contributed by atoms with Gasteiger partial charge in [-0.25, -0.2) is 0 Å². The van der Waals surface area contributed by atoms with E-state index in [1.807, 2.05) is 18.2 Å². The quantitative estimate of drug-likeness (QED) is 0.834. The van der Waals surface area contributed by atoms with Crippen molar-refractivity contribution < 1.29 is 4.79 Å². The van der Waals surface area contributed by atoms with Gasteiger partial charge in [-0.2, -0.15) is 0 Å². The van der Waals surface area contributed by atoms with Gasteiger partial charge in [-0.1, -0.05) is 38.1 Å². The number of aromatic nitrogens is 1. The minimum Gasteiger partial charge on any atom is -0.347 e. The van der Waals surface area contributed by atoms with E-state index in [-0.39, 0.29) is 11.5 Å². The molecule has 4 heteroatoms. The van der Waals surface area contributed by atoms with Crippen LogP contribution in [0.2, 0.25) is 0 Å². The van der Waals surface area contributed by atoms with Gasteiger partial charge in [0, 0.05) is 18.5 Å². The van der Waals surface area contributed by atoms with Gasteiger partial charge in [-0.3, -0.25) is 9.59 Å². The van der Waals surface area contributed by atoms with E-state index >= 15 is 0 Å². The fourth-order valence-corrected chi connectivity index (χ4v) is 2.35. The maximum atomic E-state index is 12.7. The van der Waals surface area contributed by atoms with Crippen molar-refractivity contribution in [2.45, 2.75) is 26.8 Å². The Morgan fingerprint density at radius 3 is 2.77 bits per heavy atom. The Morgan fingerprint density at radius 2 is 2.09 bits per heavy atom. The molecule has 0 saturated heterocycles. The van der Waals surface area contributed by atoms with Crippen LogP contribution >= 0.6 is 0 Å². The van der Waals surface area contributed by atoms with Crippen molar-refractivity contribution in [2.75, 3.05) is 6.54 Å². The maximum Gasteiger partial charge on any atom is 0.268 e. The van der Waals surface area contributed by atoms with Crippen molar-refractivity contribution in [3.8, 4) is 0 Å². The smallest absolute Gasteiger partial charge is 0.268 e. The number of nitrogens with zero attached hydrogens (tertiary/aromatic N) is 1. The first-order valence-electron chi connectivity index (χ1n) is 7.56. The molecule has 22 heavy (non-hydrogen) atoms. The Labute approximate surface area is 130 Å². The van der Waals surface area contributed by atoms with Crippen molar-refractivity contribution in [2.24, 2.45) is 5.92 Å². The Kier molecular flexibility index (Phi) is 5.15. The molecule has 0 saturated carbocycles. The Bertz CT molecular complexity index is 744. The molecule has 0 fully saturated rings. The zero-order valence-corrected chi connectivity index (χ0v) is 13.1. The topological polar surface area (TPSA) is 51.1 Å². The van der Waals surface area contributed by atoms with Gasteiger partial charge in [0.1, 0.15) is 5.69 Å². The molecule has 0 atom stereocenters. The average molecular weight is 298 g/mol. The summed E-state index contributed by atoms with van der Waals surface area (Å²) in [5.41, 5.74) is 0.300. The van der Waals surface area contributed by atoms with Gasteiger partial charge in [0.2, 0.25) is 0 Å². The molecule has 1 aromatic heterocycles. The number of nitrogens with one attached hydrogen (secondary N) is 1. The van der Waals surface area contributed by atoms with Gasteiger partial charge in [-0.05, 0) is 29.9 Å². The summed E-state index contributed by atoms with van der Waals surface area (Å²) in [6, 6.07) is 9.15. The van der Waals surface area contributed by atoms with E-state index in [0.29, 0.717) is 30.1 Å². The summed E-state index contributed by atoms with van der Waals surface area (Å²) in [6.45, 7) is 8.71. The molecule has 1 aromatic carbocycles. The lowest BCUT2D eigenvalue weighted by Crippen LogP contribution is -2.32. The number of fused-ring (bicyclic) bond motifs is 1. The average Bonchev–Trinajstić information content (AvgIpc) is 2.51. The SMILES string of the molecule is C=CCNC(=O)c1cc2ccccc2c(=O)n1CCC(C)C. The molecule has 0 bridgehead atoms. The lowest BCUT2D eigenvalue weighted by Gasteiger charge is -2.15. The standard InChI is InChI=1S/C18H22N2O2/c1-4-10-19-17(21)16-12-14-7-5-6-8-15(14)18(22)20(16)11-9-13(2)3/h4-8,12-13H,1,9-11H2,2-3H3,(H,19,21). The van der Waals surface area contributed by atoms with Crippen LogP contribution in [0.25, 0.3) is 10.8 Å². The third kappa shape index (κ3) is 3.45. The van der Waals surface area contributed by atoms with E-state index in [4.69, 9.17) is 0 Å². The lowest BCUT2D eigenvalue weighted by atomic mass is 10.1. The van der Waals surface area contributed by atoms with Gasteiger partial charge in [0.25, 0.3) is 11.5 Å². The van der Waals surface area contributed by atoms with E-state index in [0.717, 1.165) is 11.8 Å². The molecule has 0 aliphatic heterocycles. The second kappa shape index (κ2) is 7.07. The molecule has 0 unspecified atom stereocenters. The number of benzene rings is 1. The first-order valence-corrected chi connectivity index (χ1v) is 7.56. The normalized spacial score (nSPS) is 10.9. The lowest BCUT2D eigenvalue weighted by molar-refractivity contribution is 0.0947. The van der Waals surface area contributed by atoms with Gasteiger partial charge in [0.15, 0.2) is 0 Å². The highest BCUT2D eigenvalue weighted by molar-refractivity contribution is 5.96. The number of rotatable bonds is 6. The number of hydrogen-bond donors (Lipinski definition) is 1. The molecular weight excluding hydrogens is 276 g/mol. The third-order valence-electron chi connectivity index (χ3n) is 3.59. The zero-order chi connectivity index (χ0) is 16.1. The summed E-state index contributed by atoms with van der Waals surface area (Å²) < 4.78 is 1.58. The fourth-order valence-electron chi connectivity index (χ4n) is 2.35. The molecule has 0 radical (unpaired) electrons. The van der Waals surface area contributed by atoms with Crippen molar-refractivity contribution in [3.63, 3.8) is 0 Å². The molecule has 1 N–H and O–H groups in total. The Balaban J connectivity index is 2.54. The van der Waals surface area contributed by atoms with Gasteiger partial charge < -0.3 is 9.88 Å². The predicted molar refractivity (Wildman–Crippen MR) is 90.2 cm³/mol. The van der Waals surface area contributed by atoms with Gasteiger partial charge >= 0.3 is 0 Å². The van der Waals surface area contributed by atoms with Crippen LogP contribution in [-0.4, -0.2) is 17.0 Å². The monoisotopic (exact) mass is 298 g/mol. The molecular formula is C18H22N2O2. The highest BCUT2D eigenvalue weighted by atomic mass is 16.2. The highest BCUT2D eigenvalue weighted by Gasteiger charge is 2.15. The Hall–Kier alpha value is -2.36. The fraction of sp³-hybridized carbons (Fsp3) is 0.333. The largest absolute Gasteiger partial charge is 0.347 e. The summed E-state index contributed by atoms with van der Waals surface area (Å²) in [7, 11) is 0. The molecule has 1 heterocycles. The molecule has 1 amide bonds.